The van der Waals surface area contributed by atoms with Gasteiger partial charge in [-0.05, 0) is 35.6 Å². The van der Waals surface area contributed by atoms with Crippen LogP contribution in [0.25, 0.3) is 0 Å². The lowest BCUT2D eigenvalue weighted by molar-refractivity contribution is -0.127. The molecule has 0 radical (unpaired) electrons. The third kappa shape index (κ3) is 5.52. The zero-order valence-electron chi connectivity index (χ0n) is 17.3. The van der Waals surface area contributed by atoms with Crippen LogP contribution in [0.4, 0.5) is 0 Å². The molecular formula is C20H32N4O3. The highest BCUT2D eigenvalue weighted by Gasteiger charge is 2.22. The van der Waals surface area contributed by atoms with Crippen molar-refractivity contribution in [3.8, 4) is 11.5 Å². The second-order valence-electron chi connectivity index (χ2n) is 7.35. The van der Waals surface area contributed by atoms with Crippen LogP contribution in [0.2, 0.25) is 0 Å². The second kappa shape index (κ2) is 9.48. The van der Waals surface area contributed by atoms with Crippen LogP contribution in [0.3, 0.4) is 0 Å². The number of nitrogens with one attached hydrogen (secondary N) is 1. The lowest BCUT2D eigenvalue weighted by atomic mass is 9.99. The molecule has 1 N–H and O–H groups in total. The van der Waals surface area contributed by atoms with Gasteiger partial charge in [0.15, 0.2) is 17.5 Å². The fourth-order valence-electron chi connectivity index (χ4n) is 2.91. The van der Waals surface area contributed by atoms with E-state index in [-0.39, 0.29) is 12.5 Å². The van der Waals surface area contributed by atoms with Crippen molar-refractivity contribution >= 4 is 11.9 Å². The number of rotatable bonds is 6. The van der Waals surface area contributed by atoms with Crippen LogP contribution in [0, 0.1) is 5.92 Å². The monoisotopic (exact) mass is 376 g/mol. The van der Waals surface area contributed by atoms with E-state index >= 15 is 0 Å². The second-order valence-corrected chi connectivity index (χ2v) is 7.35. The summed E-state index contributed by atoms with van der Waals surface area (Å²) in [5, 5.41) is 3.41. The zero-order chi connectivity index (χ0) is 20.0. The minimum atomic E-state index is -0.0114. The van der Waals surface area contributed by atoms with Gasteiger partial charge in [0.25, 0.3) is 0 Å². The Morgan fingerprint density at radius 1 is 1.22 bits per heavy atom. The van der Waals surface area contributed by atoms with Crippen LogP contribution in [0.1, 0.15) is 25.0 Å². The highest BCUT2D eigenvalue weighted by molar-refractivity contribution is 5.85. The SMILES string of the molecule is COc1cc2c(cc1OC)CN(C(=NCC(=O)N(C)C)NCC(C)C)CC2. The molecule has 1 heterocycles. The summed E-state index contributed by atoms with van der Waals surface area (Å²) in [4.78, 5) is 20.3. The Labute approximate surface area is 162 Å². The Morgan fingerprint density at radius 2 is 1.85 bits per heavy atom. The van der Waals surface area contributed by atoms with Gasteiger partial charge in [0.05, 0.1) is 14.2 Å². The maximum Gasteiger partial charge on any atom is 0.243 e. The predicted molar refractivity (Wildman–Crippen MR) is 107 cm³/mol. The highest BCUT2D eigenvalue weighted by Crippen LogP contribution is 2.33. The van der Waals surface area contributed by atoms with E-state index in [1.165, 1.54) is 11.1 Å². The predicted octanol–water partition coefficient (Wildman–Crippen LogP) is 1.75. The quantitative estimate of drug-likeness (QED) is 0.605. The van der Waals surface area contributed by atoms with Gasteiger partial charge in [0, 0.05) is 33.7 Å². The smallest absolute Gasteiger partial charge is 0.243 e. The number of carbonyl (C=O) groups excluding carboxylic acids is 1. The summed E-state index contributed by atoms with van der Waals surface area (Å²) in [6, 6.07) is 4.09. The molecule has 1 aliphatic rings. The van der Waals surface area contributed by atoms with Crippen LogP contribution < -0.4 is 14.8 Å². The Bertz CT molecular complexity index is 686. The number of methoxy groups -OCH3 is 2. The number of aliphatic imine (C=N–C) groups is 1. The molecule has 0 unspecified atom stereocenters. The average molecular weight is 377 g/mol. The number of amides is 1. The van der Waals surface area contributed by atoms with E-state index in [1.807, 2.05) is 6.07 Å². The van der Waals surface area contributed by atoms with Crippen molar-refractivity contribution in [3.05, 3.63) is 23.3 Å². The molecule has 1 aromatic rings. The van der Waals surface area contributed by atoms with Gasteiger partial charge in [-0.3, -0.25) is 4.79 Å². The number of hydrogen-bond acceptors (Lipinski definition) is 4. The molecule has 1 aliphatic heterocycles. The molecule has 1 aromatic carbocycles. The van der Waals surface area contributed by atoms with E-state index in [0.29, 0.717) is 5.92 Å². The van der Waals surface area contributed by atoms with Crippen molar-refractivity contribution in [1.29, 1.82) is 0 Å². The molecule has 150 valence electrons. The molecule has 0 bridgehead atoms. The Balaban J connectivity index is 2.22. The van der Waals surface area contributed by atoms with Gasteiger partial charge in [0.2, 0.25) is 5.91 Å². The summed E-state index contributed by atoms with van der Waals surface area (Å²) in [5.74, 6) is 2.74. The normalized spacial score (nSPS) is 14.0. The Morgan fingerprint density at radius 3 is 2.41 bits per heavy atom. The van der Waals surface area contributed by atoms with E-state index in [9.17, 15) is 4.79 Å². The molecule has 7 nitrogen and oxygen atoms in total. The summed E-state index contributed by atoms with van der Waals surface area (Å²) in [5.41, 5.74) is 2.45. The van der Waals surface area contributed by atoms with E-state index in [1.54, 1.807) is 33.2 Å². The van der Waals surface area contributed by atoms with Crippen LogP contribution in [0.5, 0.6) is 11.5 Å². The molecule has 2 rings (SSSR count). The topological polar surface area (TPSA) is 66.4 Å². The molecule has 0 atom stereocenters. The lowest BCUT2D eigenvalue weighted by Crippen LogP contribution is -2.45. The van der Waals surface area contributed by atoms with Crippen LogP contribution >= 0.6 is 0 Å². The number of guanidine groups is 1. The third-order valence-electron chi connectivity index (χ3n) is 4.55. The Kier molecular flexibility index (Phi) is 7.33. The van der Waals surface area contributed by atoms with Crippen molar-refractivity contribution < 1.29 is 14.3 Å². The van der Waals surface area contributed by atoms with Gasteiger partial charge < -0.3 is 24.6 Å². The number of fused-ring (bicyclic) bond motifs is 1. The van der Waals surface area contributed by atoms with Gasteiger partial charge >= 0.3 is 0 Å². The van der Waals surface area contributed by atoms with Crippen molar-refractivity contribution in [2.75, 3.05) is 47.9 Å². The maximum absolute atomic E-state index is 12.0. The first-order valence-electron chi connectivity index (χ1n) is 9.32. The fraction of sp³-hybridized carbons (Fsp3) is 0.600. The van der Waals surface area contributed by atoms with Crippen molar-refractivity contribution in [2.24, 2.45) is 10.9 Å². The highest BCUT2D eigenvalue weighted by atomic mass is 16.5. The van der Waals surface area contributed by atoms with E-state index in [4.69, 9.17) is 9.47 Å². The third-order valence-corrected chi connectivity index (χ3v) is 4.55. The number of carbonyl (C=O) groups is 1. The molecule has 7 heteroatoms. The van der Waals surface area contributed by atoms with Crippen molar-refractivity contribution in [2.45, 2.75) is 26.8 Å². The molecule has 0 aromatic heterocycles. The van der Waals surface area contributed by atoms with Crippen molar-refractivity contribution in [1.82, 2.24) is 15.1 Å². The minimum Gasteiger partial charge on any atom is -0.493 e. The molecule has 0 saturated carbocycles. The molecule has 1 amide bonds. The maximum atomic E-state index is 12.0. The van der Waals surface area contributed by atoms with E-state index < -0.39 is 0 Å². The first-order chi connectivity index (χ1) is 12.8. The lowest BCUT2D eigenvalue weighted by Gasteiger charge is -2.32. The standard InChI is InChI=1S/C20H32N4O3/c1-14(2)11-21-20(22-12-19(25)23(3)4)24-8-7-15-9-17(26-5)18(27-6)10-16(15)13-24/h9-10,14H,7-8,11-13H2,1-6H3,(H,21,22). The van der Waals surface area contributed by atoms with Crippen LogP contribution in [-0.2, 0) is 17.8 Å². The summed E-state index contributed by atoms with van der Waals surface area (Å²) >= 11 is 0. The van der Waals surface area contributed by atoms with Crippen LogP contribution in [0.15, 0.2) is 17.1 Å². The van der Waals surface area contributed by atoms with E-state index in [0.717, 1.165) is 43.5 Å². The molecule has 0 aliphatic carbocycles. The molecule has 0 spiro atoms. The first-order valence-corrected chi connectivity index (χ1v) is 9.32. The van der Waals surface area contributed by atoms with Crippen LogP contribution in [-0.4, -0.2) is 69.6 Å². The van der Waals surface area contributed by atoms with E-state index in [2.05, 4.69) is 35.1 Å². The summed E-state index contributed by atoms with van der Waals surface area (Å²) in [7, 11) is 6.79. The van der Waals surface area contributed by atoms with Gasteiger partial charge in [-0.1, -0.05) is 13.8 Å². The number of ether oxygens (including phenoxy) is 2. The molecule has 0 saturated heterocycles. The molecule has 27 heavy (non-hydrogen) atoms. The molecular weight excluding hydrogens is 344 g/mol. The summed E-state index contributed by atoms with van der Waals surface area (Å²) in [6.45, 7) is 6.81. The number of nitrogens with zero attached hydrogens (tertiary/aromatic N) is 3. The number of hydrogen-bond donors (Lipinski definition) is 1. The number of benzene rings is 1. The molecule has 0 fully saturated rings. The fourth-order valence-corrected chi connectivity index (χ4v) is 2.91. The van der Waals surface area contributed by atoms with Gasteiger partial charge in [-0.15, -0.1) is 0 Å². The number of likely N-dealkylation sites (N-methyl/N-ethyl adjacent to an activating group) is 1. The van der Waals surface area contributed by atoms with Crippen molar-refractivity contribution in [3.63, 3.8) is 0 Å². The average Bonchev–Trinajstić information content (AvgIpc) is 2.65. The minimum absolute atomic E-state index is 0.0114. The first kappa shape index (κ1) is 20.9. The zero-order valence-corrected chi connectivity index (χ0v) is 17.3. The Hall–Kier alpha value is -2.44. The van der Waals surface area contributed by atoms with Gasteiger partial charge in [-0.2, -0.15) is 0 Å². The van der Waals surface area contributed by atoms with Gasteiger partial charge in [0.1, 0.15) is 6.54 Å². The summed E-state index contributed by atoms with van der Waals surface area (Å²) in [6.07, 6.45) is 0.889. The van der Waals surface area contributed by atoms with Gasteiger partial charge in [-0.25, -0.2) is 4.99 Å². The summed E-state index contributed by atoms with van der Waals surface area (Å²) < 4.78 is 10.9. The largest absolute Gasteiger partial charge is 0.493 e.